The van der Waals surface area contributed by atoms with Gasteiger partial charge in [0, 0.05) is 11.8 Å². The molecule has 0 radical (unpaired) electrons. The van der Waals surface area contributed by atoms with E-state index in [2.05, 4.69) is 10.3 Å². The van der Waals surface area contributed by atoms with E-state index in [1.54, 1.807) is 25.3 Å². The Kier molecular flexibility index (Phi) is 4.61. The average molecular weight is 337 g/mol. The van der Waals surface area contributed by atoms with E-state index in [0.717, 1.165) is 10.9 Å². The number of carboxylic acid groups (broad SMARTS) is 1. The Morgan fingerprint density at radius 2 is 1.84 bits per heavy atom. The Hall–Kier alpha value is -3.41. The van der Waals surface area contributed by atoms with E-state index < -0.39 is 11.9 Å². The number of para-hydroxylation sites is 1. The third-order valence-electron chi connectivity index (χ3n) is 3.73. The van der Waals surface area contributed by atoms with Gasteiger partial charge in [0.25, 0.3) is 0 Å². The maximum Gasteiger partial charge on any atom is 0.346 e. The van der Waals surface area contributed by atoms with E-state index in [9.17, 15) is 9.59 Å². The number of aromatic carboxylic acids is 1. The summed E-state index contributed by atoms with van der Waals surface area (Å²) < 4.78 is 5.13. The molecule has 126 valence electrons. The first-order chi connectivity index (χ1) is 12.1. The van der Waals surface area contributed by atoms with Crippen molar-refractivity contribution in [2.24, 2.45) is 0 Å². The van der Waals surface area contributed by atoms with Crippen LogP contribution in [0.3, 0.4) is 0 Å². The summed E-state index contributed by atoms with van der Waals surface area (Å²) in [5, 5.41) is 13.0. The van der Waals surface area contributed by atoms with E-state index in [0.29, 0.717) is 16.9 Å². The van der Waals surface area contributed by atoms with Gasteiger partial charge in [-0.05, 0) is 37.3 Å². The highest BCUT2D eigenvalue weighted by Crippen LogP contribution is 2.28. The monoisotopic (exact) mass is 337 g/mol. The van der Waals surface area contributed by atoms with Crippen LogP contribution in [0.5, 0.6) is 0 Å². The van der Waals surface area contributed by atoms with Crippen molar-refractivity contribution in [1.29, 1.82) is 0 Å². The van der Waals surface area contributed by atoms with Gasteiger partial charge in [-0.25, -0.2) is 14.6 Å². The zero-order valence-electron chi connectivity index (χ0n) is 13.6. The van der Waals surface area contributed by atoms with Gasteiger partial charge < -0.3 is 15.2 Å². The highest BCUT2D eigenvalue weighted by Gasteiger charge is 2.20. The van der Waals surface area contributed by atoms with Crippen molar-refractivity contribution in [3.8, 4) is 0 Å². The van der Waals surface area contributed by atoms with Gasteiger partial charge in [0.1, 0.15) is 5.56 Å². The lowest BCUT2D eigenvalue weighted by atomic mass is 10.1. The SMILES string of the molecule is CCOC(=O)c1c[nH+]c2ccccc2c1Nc1ccc(C(=O)O)cc1. The van der Waals surface area contributed by atoms with Crippen molar-refractivity contribution in [3.63, 3.8) is 0 Å². The average Bonchev–Trinajstić information content (AvgIpc) is 2.62. The Bertz CT molecular complexity index is 936. The van der Waals surface area contributed by atoms with Gasteiger partial charge in [-0.3, -0.25) is 0 Å². The third kappa shape index (κ3) is 3.42. The number of hydrogen-bond acceptors (Lipinski definition) is 4. The van der Waals surface area contributed by atoms with Crippen LogP contribution in [0.2, 0.25) is 0 Å². The molecular formula is C19H17N2O4+. The number of aromatic nitrogens is 1. The molecule has 2 aromatic carbocycles. The van der Waals surface area contributed by atoms with E-state index in [1.165, 1.54) is 12.1 Å². The largest absolute Gasteiger partial charge is 0.478 e. The molecule has 3 rings (SSSR count). The second-order valence-electron chi connectivity index (χ2n) is 5.35. The summed E-state index contributed by atoms with van der Waals surface area (Å²) >= 11 is 0. The number of carboxylic acids is 1. The molecule has 0 aliphatic rings. The van der Waals surface area contributed by atoms with Gasteiger partial charge >= 0.3 is 11.9 Å². The van der Waals surface area contributed by atoms with Crippen LogP contribution in [0.25, 0.3) is 10.9 Å². The maximum atomic E-state index is 12.3. The molecule has 6 nitrogen and oxygen atoms in total. The van der Waals surface area contributed by atoms with E-state index in [1.807, 2.05) is 24.3 Å². The number of benzene rings is 2. The van der Waals surface area contributed by atoms with Crippen LogP contribution < -0.4 is 10.3 Å². The summed E-state index contributed by atoms with van der Waals surface area (Å²) in [5.74, 6) is -1.42. The molecular weight excluding hydrogens is 320 g/mol. The molecule has 1 aromatic heterocycles. The van der Waals surface area contributed by atoms with Crippen molar-refractivity contribution >= 4 is 34.2 Å². The molecule has 0 amide bonds. The van der Waals surface area contributed by atoms with Crippen molar-refractivity contribution in [3.05, 3.63) is 65.9 Å². The smallest absolute Gasteiger partial charge is 0.346 e. The fourth-order valence-corrected chi connectivity index (χ4v) is 2.54. The first-order valence-corrected chi connectivity index (χ1v) is 7.81. The molecule has 0 spiro atoms. The van der Waals surface area contributed by atoms with Crippen LogP contribution in [0.15, 0.2) is 54.7 Å². The standard InChI is InChI=1S/C19H16N2O4/c1-2-25-19(24)15-11-20-16-6-4-3-5-14(16)17(15)21-13-9-7-12(8-10-13)18(22)23/h3-11H,2H2,1H3,(H,20,21)(H,22,23)/p+1. The number of rotatable bonds is 5. The molecule has 0 aliphatic heterocycles. The van der Waals surface area contributed by atoms with Gasteiger partial charge in [0.2, 0.25) is 5.52 Å². The molecule has 25 heavy (non-hydrogen) atoms. The quantitative estimate of drug-likeness (QED) is 0.697. The number of carbonyl (C=O) groups is 2. The van der Waals surface area contributed by atoms with Crippen LogP contribution in [0.4, 0.5) is 11.4 Å². The lowest BCUT2D eigenvalue weighted by Gasteiger charge is -2.12. The zero-order valence-corrected chi connectivity index (χ0v) is 13.6. The highest BCUT2D eigenvalue weighted by atomic mass is 16.5. The number of esters is 1. The van der Waals surface area contributed by atoms with E-state index in [-0.39, 0.29) is 12.2 Å². The molecule has 0 saturated heterocycles. The predicted molar refractivity (Wildman–Crippen MR) is 93.1 cm³/mol. The minimum absolute atomic E-state index is 0.197. The van der Waals surface area contributed by atoms with Crippen molar-refractivity contribution in [1.82, 2.24) is 0 Å². The number of ether oxygens (including phenoxy) is 1. The molecule has 0 fully saturated rings. The highest BCUT2D eigenvalue weighted by molar-refractivity contribution is 6.04. The summed E-state index contributed by atoms with van der Waals surface area (Å²) in [6, 6.07) is 13.9. The predicted octanol–water partition coefficient (Wildman–Crippen LogP) is 3.27. The van der Waals surface area contributed by atoms with Crippen LogP contribution >= 0.6 is 0 Å². The van der Waals surface area contributed by atoms with Crippen LogP contribution in [-0.2, 0) is 4.74 Å². The lowest BCUT2D eigenvalue weighted by molar-refractivity contribution is -0.344. The minimum Gasteiger partial charge on any atom is -0.478 e. The van der Waals surface area contributed by atoms with Crippen LogP contribution in [0, 0.1) is 0 Å². The molecule has 0 unspecified atom stereocenters. The fourth-order valence-electron chi connectivity index (χ4n) is 2.54. The Morgan fingerprint density at radius 1 is 1.12 bits per heavy atom. The molecule has 3 N–H and O–H groups in total. The number of aromatic amines is 1. The van der Waals surface area contributed by atoms with Crippen LogP contribution in [-0.4, -0.2) is 23.7 Å². The van der Waals surface area contributed by atoms with Gasteiger partial charge in [-0.15, -0.1) is 0 Å². The second-order valence-corrected chi connectivity index (χ2v) is 5.35. The summed E-state index contributed by atoms with van der Waals surface area (Å²) in [7, 11) is 0. The Balaban J connectivity index is 2.07. The normalized spacial score (nSPS) is 10.4. The summed E-state index contributed by atoms with van der Waals surface area (Å²) in [4.78, 5) is 26.3. The number of fused-ring (bicyclic) bond motifs is 1. The minimum atomic E-state index is -0.987. The second kappa shape index (κ2) is 7.00. The van der Waals surface area contributed by atoms with Gasteiger partial charge in [0.05, 0.1) is 23.2 Å². The Morgan fingerprint density at radius 3 is 2.52 bits per heavy atom. The molecule has 1 heterocycles. The number of H-pyrrole nitrogens is 1. The maximum absolute atomic E-state index is 12.3. The number of nitrogens with one attached hydrogen (secondary N) is 2. The van der Waals surface area contributed by atoms with E-state index in [4.69, 9.17) is 9.84 Å². The molecule has 6 heteroatoms. The number of anilines is 2. The number of hydrogen-bond donors (Lipinski definition) is 2. The Labute approximate surface area is 144 Å². The van der Waals surface area contributed by atoms with Crippen LogP contribution in [0.1, 0.15) is 27.6 Å². The first kappa shape index (κ1) is 16.4. The van der Waals surface area contributed by atoms with Crippen molar-refractivity contribution in [2.75, 3.05) is 11.9 Å². The molecule has 3 aromatic rings. The molecule has 0 bridgehead atoms. The molecule has 0 atom stereocenters. The zero-order chi connectivity index (χ0) is 17.8. The topological polar surface area (TPSA) is 89.8 Å². The van der Waals surface area contributed by atoms with Gasteiger partial charge in [-0.1, -0.05) is 12.1 Å². The first-order valence-electron chi connectivity index (χ1n) is 7.81. The number of carbonyl (C=O) groups excluding carboxylic acids is 1. The fraction of sp³-hybridized carbons (Fsp3) is 0.105. The molecule has 0 saturated carbocycles. The number of pyridine rings is 1. The summed E-state index contributed by atoms with van der Waals surface area (Å²) in [6.07, 6.45) is 1.61. The summed E-state index contributed by atoms with van der Waals surface area (Å²) in [6.45, 7) is 2.03. The van der Waals surface area contributed by atoms with Crippen molar-refractivity contribution < 1.29 is 24.4 Å². The summed E-state index contributed by atoms with van der Waals surface area (Å²) in [5.41, 5.74) is 2.72. The van der Waals surface area contributed by atoms with Gasteiger partial charge in [0.15, 0.2) is 6.20 Å². The van der Waals surface area contributed by atoms with Gasteiger partial charge in [-0.2, -0.15) is 0 Å². The van der Waals surface area contributed by atoms with Crippen molar-refractivity contribution in [2.45, 2.75) is 6.92 Å². The third-order valence-corrected chi connectivity index (χ3v) is 3.73. The lowest BCUT2D eigenvalue weighted by Crippen LogP contribution is -2.15. The van der Waals surface area contributed by atoms with E-state index >= 15 is 0 Å². The molecule has 0 aliphatic carbocycles.